The van der Waals surface area contributed by atoms with Crippen molar-refractivity contribution in [3.8, 4) is 0 Å². The minimum atomic E-state index is -1.20. The van der Waals surface area contributed by atoms with E-state index in [0.717, 1.165) is 0 Å². The fourth-order valence-corrected chi connectivity index (χ4v) is 1.05. The van der Waals surface area contributed by atoms with Gasteiger partial charge in [0.15, 0.2) is 0 Å². The summed E-state index contributed by atoms with van der Waals surface area (Å²) in [6, 6.07) is 0. The molecule has 9 heteroatoms. The first-order chi connectivity index (χ1) is 10.3. The second kappa shape index (κ2) is 19.2. The van der Waals surface area contributed by atoms with Crippen LogP contribution in [0.5, 0.6) is 0 Å². The van der Waals surface area contributed by atoms with Crippen molar-refractivity contribution < 1.29 is 38.9 Å². The van der Waals surface area contributed by atoms with Crippen molar-refractivity contribution in [2.24, 2.45) is 0 Å². The van der Waals surface area contributed by atoms with Gasteiger partial charge in [-0.05, 0) is 12.8 Å². The summed E-state index contributed by atoms with van der Waals surface area (Å²) >= 11 is 0. The first kappa shape index (κ1) is 27.0. The molecule has 0 spiro atoms. The van der Waals surface area contributed by atoms with E-state index in [-0.39, 0.29) is 75.7 Å². The molecule has 128 valence electrons. The van der Waals surface area contributed by atoms with Crippen molar-refractivity contribution in [2.45, 2.75) is 52.4 Å². The van der Waals surface area contributed by atoms with Crippen molar-refractivity contribution in [1.82, 2.24) is 0 Å². The molecule has 0 heterocycles. The zero-order chi connectivity index (χ0) is 17.4. The molecule has 23 heavy (non-hydrogen) atoms. The minimum absolute atomic E-state index is 0. The van der Waals surface area contributed by atoms with Crippen molar-refractivity contribution >= 4 is 61.6 Å². The maximum atomic E-state index is 10.6. The third-order valence-electron chi connectivity index (χ3n) is 2.05. The second-order valence-corrected chi connectivity index (χ2v) is 4.18. The number of hydrogen-bond acceptors (Lipinski definition) is 8. The molecule has 0 aromatic heterocycles. The predicted octanol–water partition coefficient (Wildman–Crippen LogP) is -1.44. The Bertz CT molecular complexity index is 323. The summed E-state index contributed by atoms with van der Waals surface area (Å²) in [5.74, 6) is -3.11. The van der Waals surface area contributed by atoms with Gasteiger partial charge in [-0.3, -0.25) is 9.59 Å². The Balaban J connectivity index is -0.000000333. The van der Waals surface area contributed by atoms with Gasteiger partial charge in [-0.1, -0.05) is 13.8 Å². The van der Waals surface area contributed by atoms with Crippen LogP contribution in [-0.4, -0.2) is 74.8 Å². The molecule has 0 atom stereocenters. The van der Waals surface area contributed by atoms with Crippen LogP contribution >= 0.6 is 0 Å². The quantitative estimate of drug-likeness (QED) is 0.342. The zero-order valence-corrected chi connectivity index (χ0v) is 15.8. The van der Waals surface area contributed by atoms with Crippen LogP contribution in [-0.2, 0) is 28.7 Å². The molecule has 0 N–H and O–H groups in total. The normalized spacial score (nSPS) is 8.78. The average molecular weight is 358 g/mol. The van der Waals surface area contributed by atoms with E-state index in [9.17, 15) is 29.4 Å². The number of rotatable bonds is 10. The molecular weight excluding hydrogens is 336 g/mol. The van der Waals surface area contributed by atoms with Gasteiger partial charge in [-0.25, -0.2) is 0 Å². The van der Waals surface area contributed by atoms with E-state index in [0.29, 0.717) is 25.7 Å². The molecule has 0 saturated heterocycles. The predicted molar refractivity (Wildman–Crippen MR) is 76.7 cm³/mol. The molecule has 0 unspecified atom stereocenters. The van der Waals surface area contributed by atoms with Crippen LogP contribution in [0.3, 0.4) is 0 Å². The number of carbonyl (C=O) groups is 4. The molecule has 0 saturated carbocycles. The van der Waals surface area contributed by atoms with Crippen molar-refractivity contribution in [3.63, 3.8) is 0 Å². The molecule has 8 nitrogen and oxygen atoms in total. The van der Waals surface area contributed by atoms with E-state index in [1.165, 1.54) is 0 Å². The average Bonchev–Trinajstić information content (AvgIpc) is 2.39. The van der Waals surface area contributed by atoms with Crippen LogP contribution in [0, 0.1) is 0 Å². The van der Waals surface area contributed by atoms with E-state index in [4.69, 9.17) is 0 Å². The Hall–Kier alpha value is -0.860. The third-order valence-corrected chi connectivity index (χ3v) is 2.05. The molecule has 0 bridgehead atoms. The van der Waals surface area contributed by atoms with Gasteiger partial charge in [0.05, 0.1) is 13.2 Å². The van der Waals surface area contributed by atoms with E-state index >= 15 is 0 Å². The van der Waals surface area contributed by atoms with Crippen molar-refractivity contribution in [3.05, 3.63) is 0 Å². The zero-order valence-electron chi connectivity index (χ0n) is 13.6. The molecule has 0 aliphatic heterocycles. The molecule has 0 amide bonds. The largest absolute Gasteiger partial charge is 2.00 e. The van der Waals surface area contributed by atoms with Crippen molar-refractivity contribution in [1.29, 1.82) is 0 Å². The summed E-state index contributed by atoms with van der Waals surface area (Å²) in [7, 11) is 0. The Morgan fingerprint density at radius 1 is 0.696 bits per heavy atom. The minimum Gasteiger partial charge on any atom is -0.550 e. The summed E-state index contributed by atoms with van der Waals surface area (Å²) in [4.78, 5) is 40.9. The number of hydrogen-bond donors (Lipinski definition) is 0. The van der Waals surface area contributed by atoms with Gasteiger partial charge in [0, 0.05) is 37.6 Å². The maximum absolute atomic E-state index is 10.6. The van der Waals surface area contributed by atoms with E-state index in [1.807, 2.05) is 13.8 Å². The smallest absolute Gasteiger partial charge is 0.550 e. The fourth-order valence-electron chi connectivity index (χ4n) is 1.05. The van der Waals surface area contributed by atoms with Gasteiger partial charge >= 0.3 is 49.7 Å². The van der Waals surface area contributed by atoms with Crippen LogP contribution < -0.4 is 10.2 Å². The Labute approximate surface area is 165 Å². The van der Waals surface area contributed by atoms with Gasteiger partial charge in [0.1, 0.15) is 0 Å². The summed E-state index contributed by atoms with van der Waals surface area (Å²) in [5.41, 5.74) is 0. The molecule has 0 radical (unpaired) electrons. The van der Waals surface area contributed by atoms with Crippen molar-refractivity contribution in [2.75, 3.05) is 13.2 Å². The van der Waals surface area contributed by atoms with E-state index < -0.39 is 11.9 Å². The van der Waals surface area contributed by atoms with Crippen LogP contribution in [0.25, 0.3) is 0 Å². The number of aliphatic carboxylic acids is 2. The van der Waals surface area contributed by atoms with Crippen LogP contribution in [0.2, 0.25) is 0 Å². The van der Waals surface area contributed by atoms with Gasteiger partial charge in [-0.15, -0.1) is 0 Å². The first-order valence-electron chi connectivity index (χ1n) is 7.04. The second-order valence-electron chi connectivity index (χ2n) is 4.18. The summed E-state index contributed by atoms with van der Waals surface area (Å²) in [6.07, 6.45) is 1.65. The van der Waals surface area contributed by atoms with Gasteiger partial charge in [0.2, 0.25) is 0 Å². The van der Waals surface area contributed by atoms with E-state index in [2.05, 4.69) is 9.47 Å². The summed E-state index contributed by atoms with van der Waals surface area (Å²) in [5, 5.41) is 19.7. The monoisotopic (exact) mass is 358 g/mol. The van der Waals surface area contributed by atoms with Crippen LogP contribution in [0.15, 0.2) is 0 Å². The molecule has 0 aromatic carbocycles. The summed E-state index contributed by atoms with van der Waals surface area (Å²) < 4.78 is 9.07. The SMILES string of the molecule is CCCC(=O)OCCC(=O)[O-].CCCC(=O)OCCC(=O)[O-].[Ca+2]. The Morgan fingerprint density at radius 2 is 1.00 bits per heavy atom. The number of carboxylic acid groups (broad SMARTS) is 2. The number of carboxylic acids is 2. The summed E-state index contributed by atoms with van der Waals surface area (Å²) in [6.45, 7) is 3.53. The maximum Gasteiger partial charge on any atom is 2.00 e. The molecule has 0 aliphatic rings. The molecular formula is C14H22CaO8. The Kier molecular flexibility index (Phi) is 22.5. The van der Waals surface area contributed by atoms with Gasteiger partial charge in [0.25, 0.3) is 0 Å². The van der Waals surface area contributed by atoms with Gasteiger partial charge < -0.3 is 29.3 Å². The first-order valence-corrected chi connectivity index (χ1v) is 7.04. The fraction of sp³-hybridized carbons (Fsp3) is 0.714. The number of ether oxygens (including phenoxy) is 2. The number of carbonyl (C=O) groups excluding carboxylic acids is 4. The Morgan fingerprint density at radius 3 is 1.22 bits per heavy atom. The van der Waals surface area contributed by atoms with Crippen LogP contribution in [0.1, 0.15) is 52.4 Å². The number of esters is 2. The molecule has 0 aliphatic carbocycles. The van der Waals surface area contributed by atoms with E-state index in [1.54, 1.807) is 0 Å². The van der Waals surface area contributed by atoms with Gasteiger partial charge in [-0.2, -0.15) is 0 Å². The molecule has 0 aromatic rings. The molecule has 0 fully saturated rings. The standard InChI is InChI=1S/2C7H12O4.Ca/c2*1-2-3-7(10)11-5-4-6(8)9;/h2*2-5H2,1H3,(H,8,9);/q;;+2/p-2. The topological polar surface area (TPSA) is 133 Å². The van der Waals surface area contributed by atoms with Crippen LogP contribution in [0.4, 0.5) is 0 Å². The third kappa shape index (κ3) is 26.4. The molecule has 0 rings (SSSR count).